The molecule has 2 saturated heterocycles. The summed E-state index contributed by atoms with van der Waals surface area (Å²) in [5.41, 5.74) is -0.616. The van der Waals surface area contributed by atoms with Crippen LogP contribution in [-0.4, -0.2) is 65.4 Å². The average molecular weight is 529 g/mol. The van der Waals surface area contributed by atoms with E-state index < -0.39 is 30.1 Å². The number of nitrogens with zero attached hydrogens (tertiary/aromatic N) is 2. The Morgan fingerprint density at radius 2 is 1.65 bits per heavy atom. The molecule has 1 spiro atoms. The maximum Gasteiger partial charge on any atom is 0.434 e. The first-order valence-corrected chi connectivity index (χ1v) is 11.6. The molecule has 0 bridgehead atoms. The van der Waals surface area contributed by atoms with Crippen molar-refractivity contribution in [2.75, 3.05) is 19.6 Å². The molecule has 0 radical (unpaired) electrons. The predicted octanol–water partition coefficient (Wildman–Crippen LogP) is 6.26. The van der Waals surface area contributed by atoms with Gasteiger partial charge in [0.1, 0.15) is 0 Å². The van der Waals surface area contributed by atoms with E-state index in [1.807, 2.05) is 6.07 Å². The molecule has 0 unspecified atom stereocenters. The molecule has 1 aromatic heterocycles. The summed E-state index contributed by atoms with van der Waals surface area (Å²) in [4.78, 5) is 28.5. The summed E-state index contributed by atoms with van der Waals surface area (Å²) in [6.45, 7) is 0.239. The van der Waals surface area contributed by atoms with E-state index in [2.05, 4.69) is 4.74 Å². The SMILES string of the molecule is O=C(OC(C(F)(F)F)C(F)(F)F)N1CCC2(CCCN2C(=O)c2cc3cc(Cl)ccc3s2)CC1. The summed E-state index contributed by atoms with van der Waals surface area (Å²) in [7, 11) is 0. The third-order valence-electron chi connectivity index (χ3n) is 6.30. The fourth-order valence-corrected chi connectivity index (χ4v) is 5.80. The van der Waals surface area contributed by atoms with E-state index in [9.17, 15) is 35.9 Å². The predicted molar refractivity (Wildman–Crippen MR) is 113 cm³/mol. The molecule has 2 aliphatic rings. The van der Waals surface area contributed by atoms with Crippen molar-refractivity contribution in [2.24, 2.45) is 0 Å². The maximum absolute atomic E-state index is 13.3. The van der Waals surface area contributed by atoms with Gasteiger partial charge in [0.25, 0.3) is 12.0 Å². The van der Waals surface area contributed by atoms with E-state index in [1.165, 1.54) is 11.3 Å². The molecule has 0 aliphatic carbocycles. The number of alkyl halides is 6. The topological polar surface area (TPSA) is 49.9 Å². The molecule has 0 N–H and O–H groups in total. The van der Waals surface area contributed by atoms with Crippen LogP contribution in [0, 0.1) is 0 Å². The van der Waals surface area contributed by atoms with Crippen LogP contribution in [0.25, 0.3) is 10.1 Å². The van der Waals surface area contributed by atoms with Gasteiger partial charge in [-0.3, -0.25) is 4.79 Å². The normalized spacial score (nSPS) is 18.8. The number of carbonyl (C=O) groups is 2. The Bertz CT molecular complexity index is 1080. The Morgan fingerprint density at radius 1 is 1.00 bits per heavy atom. The van der Waals surface area contributed by atoms with Crippen LogP contribution in [0.5, 0.6) is 0 Å². The molecule has 4 rings (SSSR count). The molecule has 34 heavy (non-hydrogen) atoms. The van der Waals surface area contributed by atoms with E-state index in [0.29, 0.717) is 29.3 Å². The van der Waals surface area contributed by atoms with Crippen molar-refractivity contribution in [2.45, 2.75) is 49.7 Å². The Hall–Kier alpha value is -2.21. The number of carbonyl (C=O) groups excluding carboxylic acids is 2. The van der Waals surface area contributed by atoms with Crippen LogP contribution < -0.4 is 0 Å². The lowest BCUT2D eigenvalue weighted by atomic mass is 9.85. The molecule has 2 fully saturated rings. The fourth-order valence-electron chi connectivity index (χ4n) is 4.63. The van der Waals surface area contributed by atoms with Crippen molar-refractivity contribution >= 4 is 45.0 Å². The van der Waals surface area contributed by atoms with Gasteiger partial charge in [-0.05, 0) is 55.3 Å². The number of halogens is 7. The van der Waals surface area contributed by atoms with Crippen molar-refractivity contribution in [3.63, 3.8) is 0 Å². The first kappa shape index (κ1) is 24.9. The van der Waals surface area contributed by atoms with Crippen molar-refractivity contribution < 1.29 is 40.7 Å². The standard InChI is InChI=1S/C21H19ClF6N2O3S/c22-13-2-3-14-12(10-13)11-15(34-14)16(31)30-7-1-4-19(30)5-8-29(9-6-19)18(32)33-17(20(23,24)25)21(26,27)28/h2-3,10-11,17H,1,4-9H2. The molecule has 13 heteroatoms. The monoisotopic (exact) mass is 528 g/mol. The van der Waals surface area contributed by atoms with E-state index >= 15 is 0 Å². The minimum Gasteiger partial charge on any atom is -0.426 e. The number of likely N-dealkylation sites (tertiary alicyclic amines) is 2. The number of fused-ring (bicyclic) bond motifs is 1. The fraction of sp³-hybridized carbons (Fsp3) is 0.524. The summed E-state index contributed by atoms with van der Waals surface area (Å²) in [6.07, 6.45) is -15.6. The molecule has 5 nitrogen and oxygen atoms in total. The van der Waals surface area contributed by atoms with Gasteiger partial charge in [-0.2, -0.15) is 26.3 Å². The quantitative estimate of drug-likeness (QED) is 0.433. The molecule has 0 saturated carbocycles. The number of ether oxygens (including phenoxy) is 1. The van der Waals surface area contributed by atoms with Gasteiger partial charge >= 0.3 is 18.4 Å². The zero-order valence-electron chi connectivity index (χ0n) is 17.5. The zero-order chi connectivity index (χ0) is 24.9. The lowest BCUT2D eigenvalue weighted by Crippen LogP contribution is -2.56. The third kappa shape index (κ3) is 4.79. The number of benzene rings is 1. The Labute approximate surface area is 199 Å². The van der Waals surface area contributed by atoms with Crippen LogP contribution in [0.2, 0.25) is 5.02 Å². The maximum atomic E-state index is 13.3. The minimum atomic E-state index is -5.77. The molecular formula is C21H19ClF6N2O3S. The highest BCUT2D eigenvalue weighted by Crippen LogP contribution is 2.41. The second-order valence-corrected chi connectivity index (χ2v) is 9.93. The van der Waals surface area contributed by atoms with Crippen molar-refractivity contribution in [3.05, 3.63) is 34.2 Å². The van der Waals surface area contributed by atoms with Gasteiger partial charge < -0.3 is 14.5 Å². The molecule has 1 aromatic carbocycles. The average Bonchev–Trinajstić information content (AvgIpc) is 3.34. The minimum absolute atomic E-state index is 0.118. The highest BCUT2D eigenvalue weighted by atomic mass is 35.5. The number of hydrogen-bond acceptors (Lipinski definition) is 4. The highest BCUT2D eigenvalue weighted by molar-refractivity contribution is 7.20. The summed E-state index contributed by atoms with van der Waals surface area (Å²) >= 11 is 7.33. The summed E-state index contributed by atoms with van der Waals surface area (Å²) < 4.78 is 81.0. The van der Waals surface area contributed by atoms with Gasteiger partial charge in [0, 0.05) is 34.9 Å². The lowest BCUT2D eigenvalue weighted by Gasteiger charge is -2.44. The Morgan fingerprint density at radius 3 is 2.26 bits per heavy atom. The first-order chi connectivity index (χ1) is 15.8. The molecular weight excluding hydrogens is 510 g/mol. The van der Waals surface area contributed by atoms with Gasteiger partial charge in [-0.1, -0.05) is 11.6 Å². The number of thiophene rings is 1. The Kier molecular flexibility index (Phi) is 6.43. The van der Waals surface area contributed by atoms with Gasteiger partial charge in [-0.25, -0.2) is 4.79 Å². The second-order valence-electron chi connectivity index (χ2n) is 8.41. The summed E-state index contributed by atoms with van der Waals surface area (Å²) in [5.74, 6) is -0.194. The van der Waals surface area contributed by atoms with Crippen LogP contribution in [0.4, 0.5) is 31.1 Å². The molecule has 0 atom stereocenters. The van der Waals surface area contributed by atoms with Crippen LogP contribution in [0.1, 0.15) is 35.4 Å². The van der Waals surface area contributed by atoms with E-state index in [0.717, 1.165) is 15.0 Å². The Balaban J connectivity index is 1.45. The first-order valence-electron chi connectivity index (χ1n) is 10.4. The van der Waals surface area contributed by atoms with Crippen LogP contribution >= 0.6 is 22.9 Å². The van der Waals surface area contributed by atoms with Crippen molar-refractivity contribution in [1.29, 1.82) is 0 Å². The third-order valence-corrected chi connectivity index (χ3v) is 7.64. The second kappa shape index (κ2) is 8.78. The van der Waals surface area contributed by atoms with E-state index in [-0.39, 0.29) is 31.8 Å². The van der Waals surface area contributed by atoms with Gasteiger partial charge in [-0.15, -0.1) is 11.3 Å². The van der Waals surface area contributed by atoms with Gasteiger partial charge in [0.05, 0.1) is 4.88 Å². The van der Waals surface area contributed by atoms with Crippen LogP contribution in [0.15, 0.2) is 24.3 Å². The van der Waals surface area contributed by atoms with E-state index in [4.69, 9.17) is 11.6 Å². The number of piperidine rings is 1. The van der Waals surface area contributed by atoms with E-state index in [1.54, 1.807) is 23.1 Å². The number of rotatable bonds is 2. The zero-order valence-corrected chi connectivity index (χ0v) is 19.1. The number of hydrogen-bond donors (Lipinski definition) is 0. The number of amides is 2. The molecule has 2 aromatic rings. The summed E-state index contributed by atoms with van der Waals surface area (Å²) in [5, 5.41) is 1.37. The smallest absolute Gasteiger partial charge is 0.426 e. The van der Waals surface area contributed by atoms with Gasteiger partial charge in [0.2, 0.25) is 0 Å². The summed E-state index contributed by atoms with van der Waals surface area (Å²) in [6, 6.07) is 7.05. The van der Waals surface area contributed by atoms with Crippen molar-refractivity contribution in [3.8, 4) is 0 Å². The largest absolute Gasteiger partial charge is 0.434 e. The lowest BCUT2D eigenvalue weighted by molar-refractivity contribution is -0.308. The van der Waals surface area contributed by atoms with Crippen molar-refractivity contribution in [1.82, 2.24) is 9.80 Å². The molecule has 3 heterocycles. The van der Waals surface area contributed by atoms with Gasteiger partial charge in [0.15, 0.2) is 0 Å². The molecule has 186 valence electrons. The van der Waals surface area contributed by atoms with Crippen LogP contribution in [-0.2, 0) is 4.74 Å². The highest BCUT2D eigenvalue weighted by Gasteiger charge is 2.60. The molecule has 2 aliphatic heterocycles. The van der Waals surface area contributed by atoms with Crippen LogP contribution in [0.3, 0.4) is 0 Å². The molecule has 2 amide bonds.